The van der Waals surface area contributed by atoms with E-state index in [1.807, 2.05) is 6.07 Å². The van der Waals surface area contributed by atoms with Gasteiger partial charge >= 0.3 is 0 Å². The SMILES string of the molecule is N#CCCCSc1nnc(-c2ccccc2F)n1C1CCCCC1. The molecule has 1 aromatic heterocycles. The Kier molecular flexibility index (Phi) is 5.86. The summed E-state index contributed by atoms with van der Waals surface area (Å²) in [6.07, 6.45) is 7.20. The van der Waals surface area contributed by atoms with Crippen LogP contribution in [0, 0.1) is 17.1 Å². The third-order valence-electron chi connectivity index (χ3n) is 4.38. The van der Waals surface area contributed by atoms with Gasteiger partial charge in [-0.05, 0) is 31.4 Å². The molecule has 1 heterocycles. The maximum atomic E-state index is 14.3. The number of benzene rings is 1. The molecule has 1 aromatic carbocycles. The molecule has 126 valence electrons. The van der Waals surface area contributed by atoms with Crippen molar-refractivity contribution in [1.82, 2.24) is 14.8 Å². The average molecular weight is 344 g/mol. The Morgan fingerprint density at radius 3 is 2.75 bits per heavy atom. The van der Waals surface area contributed by atoms with Crippen molar-refractivity contribution in [3.8, 4) is 17.5 Å². The van der Waals surface area contributed by atoms with Gasteiger partial charge in [-0.1, -0.05) is 43.2 Å². The first kappa shape index (κ1) is 17.0. The lowest BCUT2D eigenvalue weighted by Gasteiger charge is -2.25. The molecule has 24 heavy (non-hydrogen) atoms. The van der Waals surface area contributed by atoms with Crippen LogP contribution in [0.4, 0.5) is 4.39 Å². The molecule has 2 aromatic rings. The Morgan fingerprint density at radius 2 is 2.00 bits per heavy atom. The molecule has 0 radical (unpaired) electrons. The van der Waals surface area contributed by atoms with E-state index >= 15 is 0 Å². The summed E-state index contributed by atoms with van der Waals surface area (Å²) >= 11 is 1.62. The van der Waals surface area contributed by atoms with Gasteiger partial charge < -0.3 is 0 Å². The van der Waals surface area contributed by atoms with Crippen molar-refractivity contribution < 1.29 is 4.39 Å². The third-order valence-corrected chi connectivity index (χ3v) is 5.41. The van der Waals surface area contributed by atoms with Gasteiger partial charge in [0.2, 0.25) is 0 Å². The Morgan fingerprint density at radius 1 is 1.21 bits per heavy atom. The molecule has 3 rings (SSSR count). The third kappa shape index (κ3) is 3.78. The minimum absolute atomic E-state index is 0.261. The highest BCUT2D eigenvalue weighted by atomic mass is 32.2. The first-order valence-corrected chi connectivity index (χ1v) is 9.49. The maximum absolute atomic E-state index is 14.3. The van der Waals surface area contributed by atoms with Crippen LogP contribution in [0.2, 0.25) is 0 Å². The Labute approximate surface area is 146 Å². The molecule has 0 spiro atoms. The van der Waals surface area contributed by atoms with E-state index in [9.17, 15) is 4.39 Å². The highest BCUT2D eigenvalue weighted by Crippen LogP contribution is 2.36. The summed E-state index contributed by atoms with van der Waals surface area (Å²) in [4.78, 5) is 0. The van der Waals surface area contributed by atoms with Crippen LogP contribution < -0.4 is 0 Å². The lowest BCUT2D eigenvalue weighted by molar-refractivity contribution is 0.339. The fourth-order valence-corrected chi connectivity index (χ4v) is 4.13. The van der Waals surface area contributed by atoms with E-state index in [1.165, 1.54) is 25.3 Å². The minimum Gasteiger partial charge on any atom is -0.299 e. The van der Waals surface area contributed by atoms with Crippen LogP contribution >= 0.6 is 11.8 Å². The number of unbranched alkanes of at least 4 members (excludes halogenated alkanes) is 1. The van der Waals surface area contributed by atoms with Crippen molar-refractivity contribution in [2.45, 2.75) is 56.1 Å². The number of hydrogen-bond acceptors (Lipinski definition) is 4. The van der Waals surface area contributed by atoms with Gasteiger partial charge in [0, 0.05) is 18.2 Å². The molecule has 0 N–H and O–H groups in total. The van der Waals surface area contributed by atoms with Crippen LogP contribution in [0.15, 0.2) is 29.4 Å². The molecule has 1 saturated carbocycles. The van der Waals surface area contributed by atoms with Crippen LogP contribution in [-0.4, -0.2) is 20.5 Å². The number of nitriles is 1. The molecule has 0 saturated heterocycles. The first-order valence-electron chi connectivity index (χ1n) is 8.51. The van der Waals surface area contributed by atoms with Crippen molar-refractivity contribution in [3.05, 3.63) is 30.1 Å². The van der Waals surface area contributed by atoms with E-state index in [1.54, 1.807) is 23.9 Å². The number of halogens is 1. The Bertz CT molecular complexity index is 716. The van der Waals surface area contributed by atoms with E-state index < -0.39 is 0 Å². The lowest BCUT2D eigenvalue weighted by Crippen LogP contribution is -2.15. The zero-order valence-electron chi connectivity index (χ0n) is 13.6. The monoisotopic (exact) mass is 344 g/mol. The van der Waals surface area contributed by atoms with Crippen molar-refractivity contribution in [2.24, 2.45) is 0 Å². The van der Waals surface area contributed by atoms with Gasteiger partial charge in [-0.15, -0.1) is 10.2 Å². The molecule has 1 fully saturated rings. The van der Waals surface area contributed by atoms with Gasteiger partial charge in [0.25, 0.3) is 0 Å². The second-order valence-corrected chi connectivity index (χ2v) is 7.12. The van der Waals surface area contributed by atoms with E-state index in [2.05, 4.69) is 20.8 Å². The maximum Gasteiger partial charge on any atom is 0.191 e. The van der Waals surface area contributed by atoms with Gasteiger partial charge in [-0.2, -0.15) is 5.26 Å². The second kappa shape index (κ2) is 8.29. The molecule has 6 heteroatoms. The van der Waals surface area contributed by atoms with Crippen LogP contribution in [0.1, 0.15) is 51.0 Å². The zero-order chi connectivity index (χ0) is 16.8. The Balaban J connectivity index is 1.92. The standard InChI is InChI=1S/C18H21FN4S/c19-16-11-5-4-10-15(16)17-21-22-18(24-13-7-6-12-20)23(17)14-8-2-1-3-9-14/h4-5,10-11,14H,1-3,6-9,13H2. The molecule has 0 amide bonds. The molecule has 1 aliphatic carbocycles. The summed E-state index contributed by atoms with van der Waals surface area (Å²) in [7, 11) is 0. The summed E-state index contributed by atoms with van der Waals surface area (Å²) < 4.78 is 16.4. The summed E-state index contributed by atoms with van der Waals surface area (Å²) in [5.74, 6) is 1.20. The molecule has 0 aliphatic heterocycles. The molecule has 0 unspecified atom stereocenters. The number of hydrogen-bond donors (Lipinski definition) is 0. The fourth-order valence-electron chi connectivity index (χ4n) is 3.18. The highest BCUT2D eigenvalue weighted by molar-refractivity contribution is 7.99. The zero-order valence-corrected chi connectivity index (χ0v) is 14.4. The van der Waals surface area contributed by atoms with E-state index in [4.69, 9.17) is 5.26 Å². The van der Waals surface area contributed by atoms with E-state index in [-0.39, 0.29) is 5.82 Å². The highest BCUT2D eigenvalue weighted by Gasteiger charge is 2.24. The lowest BCUT2D eigenvalue weighted by atomic mass is 9.95. The van der Waals surface area contributed by atoms with Crippen molar-refractivity contribution in [3.63, 3.8) is 0 Å². The Hall–Kier alpha value is -1.87. The first-order chi connectivity index (χ1) is 11.8. The molecular formula is C18H21FN4S. The molecule has 4 nitrogen and oxygen atoms in total. The fraction of sp³-hybridized carbons (Fsp3) is 0.500. The van der Waals surface area contributed by atoms with E-state index in [0.29, 0.717) is 23.9 Å². The van der Waals surface area contributed by atoms with Crippen molar-refractivity contribution in [1.29, 1.82) is 5.26 Å². The number of rotatable bonds is 6. The predicted octanol–water partition coefficient (Wildman–Crippen LogP) is 4.99. The summed E-state index contributed by atoms with van der Waals surface area (Å²) in [6, 6.07) is 9.26. The predicted molar refractivity (Wildman–Crippen MR) is 93.1 cm³/mol. The topological polar surface area (TPSA) is 54.5 Å². The molecule has 0 atom stereocenters. The van der Waals surface area contributed by atoms with Gasteiger partial charge in [0.1, 0.15) is 5.82 Å². The number of thioether (sulfide) groups is 1. The summed E-state index contributed by atoms with van der Waals surface area (Å²) in [5, 5.41) is 18.2. The minimum atomic E-state index is -0.261. The smallest absolute Gasteiger partial charge is 0.191 e. The van der Waals surface area contributed by atoms with Crippen LogP contribution in [0.3, 0.4) is 0 Å². The number of nitrogens with zero attached hydrogens (tertiary/aromatic N) is 4. The summed E-state index contributed by atoms with van der Waals surface area (Å²) in [5.41, 5.74) is 0.513. The van der Waals surface area contributed by atoms with Gasteiger partial charge in [-0.3, -0.25) is 4.57 Å². The quantitative estimate of drug-likeness (QED) is 0.547. The van der Waals surface area contributed by atoms with Crippen LogP contribution in [-0.2, 0) is 0 Å². The van der Waals surface area contributed by atoms with Gasteiger partial charge in [-0.25, -0.2) is 4.39 Å². The largest absolute Gasteiger partial charge is 0.299 e. The van der Waals surface area contributed by atoms with Crippen molar-refractivity contribution in [2.75, 3.05) is 5.75 Å². The van der Waals surface area contributed by atoms with Crippen molar-refractivity contribution >= 4 is 11.8 Å². The normalized spacial score (nSPS) is 15.3. The van der Waals surface area contributed by atoms with E-state index in [0.717, 1.165) is 30.2 Å². The van der Waals surface area contributed by atoms with Crippen LogP contribution in [0.25, 0.3) is 11.4 Å². The second-order valence-electron chi connectivity index (χ2n) is 6.06. The van der Waals surface area contributed by atoms with Gasteiger partial charge in [0.05, 0.1) is 11.6 Å². The van der Waals surface area contributed by atoms with Gasteiger partial charge in [0.15, 0.2) is 11.0 Å². The molecular weight excluding hydrogens is 323 g/mol. The average Bonchev–Trinajstić information content (AvgIpc) is 3.03. The molecule has 0 bridgehead atoms. The molecule has 1 aliphatic rings. The number of aromatic nitrogens is 3. The van der Waals surface area contributed by atoms with Crippen LogP contribution in [0.5, 0.6) is 0 Å². The summed E-state index contributed by atoms with van der Waals surface area (Å²) in [6.45, 7) is 0.